The molecule has 9 nitrogen and oxygen atoms in total. The van der Waals surface area contributed by atoms with Crippen molar-refractivity contribution in [2.45, 2.75) is 6.54 Å². The van der Waals surface area contributed by atoms with Gasteiger partial charge in [0.25, 0.3) is 6.01 Å². The van der Waals surface area contributed by atoms with Gasteiger partial charge in [0.05, 0.1) is 26.6 Å². The summed E-state index contributed by atoms with van der Waals surface area (Å²) in [6.45, 7) is 4.92. The third kappa shape index (κ3) is 6.89. The average molecular weight is 634 g/mol. The van der Waals surface area contributed by atoms with Gasteiger partial charge in [-0.05, 0) is 52.6 Å². The molecule has 0 bridgehead atoms. The first-order chi connectivity index (χ1) is 21.4. The Bertz CT molecular complexity index is 1770. The average Bonchev–Trinajstić information content (AvgIpc) is 3.42. The molecule has 3 N–H and O–H groups in total. The largest absolute Gasteiger partial charge is 0.478 e. The van der Waals surface area contributed by atoms with Crippen LogP contribution in [-0.2, 0) is 11.3 Å². The van der Waals surface area contributed by atoms with Gasteiger partial charge in [0, 0.05) is 38.3 Å². The van der Waals surface area contributed by atoms with Gasteiger partial charge >= 0.3 is 5.97 Å². The lowest BCUT2D eigenvalue weighted by molar-refractivity contribution is -0.0650. The van der Waals surface area contributed by atoms with Crippen LogP contribution >= 0.6 is 23.2 Å². The highest BCUT2D eigenvalue weighted by Gasteiger charge is 2.17. The maximum atomic E-state index is 11.4. The van der Waals surface area contributed by atoms with E-state index in [1.54, 1.807) is 12.1 Å². The van der Waals surface area contributed by atoms with Crippen molar-refractivity contribution >= 4 is 40.2 Å². The molecule has 6 rings (SSSR count). The Balaban J connectivity index is 1.12. The number of hydrogen-bond donors (Lipinski definition) is 3. The van der Waals surface area contributed by atoms with Crippen molar-refractivity contribution < 1.29 is 24.5 Å². The lowest BCUT2D eigenvalue weighted by atomic mass is 9.99. The highest BCUT2D eigenvalue weighted by molar-refractivity contribution is 6.34. The number of aliphatic hydroxyl groups is 1. The Morgan fingerprint density at radius 2 is 1.50 bits per heavy atom. The number of aromatic amines is 1. The summed E-state index contributed by atoms with van der Waals surface area (Å²) < 4.78 is 10.9. The van der Waals surface area contributed by atoms with Gasteiger partial charge in [-0.1, -0.05) is 71.7 Å². The molecule has 5 aromatic rings. The molecule has 11 heteroatoms. The number of nitrogens with one attached hydrogen (secondary N) is 1. The van der Waals surface area contributed by atoms with Gasteiger partial charge in [-0.2, -0.15) is 4.98 Å². The molecular weight excluding hydrogens is 603 g/mol. The summed E-state index contributed by atoms with van der Waals surface area (Å²) in [6, 6.07) is 25.2. The molecule has 1 fully saturated rings. The summed E-state index contributed by atoms with van der Waals surface area (Å²) in [7, 11) is 0. The Morgan fingerprint density at radius 1 is 0.841 bits per heavy atom. The van der Waals surface area contributed by atoms with Gasteiger partial charge in [-0.15, -0.1) is 0 Å². The number of carboxylic acids is 1. The third-order valence-electron chi connectivity index (χ3n) is 7.65. The van der Waals surface area contributed by atoms with E-state index in [9.17, 15) is 9.90 Å². The number of carboxylic acid groups (broad SMARTS) is 1. The van der Waals surface area contributed by atoms with E-state index in [4.69, 9.17) is 37.8 Å². The van der Waals surface area contributed by atoms with Crippen LogP contribution in [0.2, 0.25) is 10.0 Å². The van der Waals surface area contributed by atoms with Crippen LogP contribution in [0.3, 0.4) is 0 Å². The number of imidazole rings is 1. The van der Waals surface area contributed by atoms with Crippen LogP contribution in [0.5, 0.6) is 11.8 Å². The van der Waals surface area contributed by atoms with E-state index in [2.05, 4.69) is 56.2 Å². The number of hydrogen-bond acceptors (Lipinski definition) is 7. The summed E-state index contributed by atoms with van der Waals surface area (Å²) >= 11 is 12.6. The van der Waals surface area contributed by atoms with E-state index < -0.39 is 5.97 Å². The first-order valence-corrected chi connectivity index (χ1v) is 14.8. The van der Waals surface area contributed by atoms with Gasteiger partial charge in [-0.25, -0.2) is 4.79 Å². The number of aromatic nitrogens is 2. The number of carbonyl (C=O) groups is 1. The van der Waals surface area contributed by atoms with Gasteiger partial charge < -0.3 is 24.7 Å². The van der Waals surface area contributed by atoms with Crippen molar-refractivity contribution in [2.24, 2.45) is 0 Å². The maximum absolute atomic E-state index is 11.4. The summed E-state index contributed by atoms with van der Waals surface area (Å²) in [4.78, 5) is 23.6. The zero-order valence-electron chi connectivity index (χ0n) is 23.7. The predicted molar refractivity (Wildman–Crippen MR) is 170 cm³/mol. The maximum Gasteiger partial charge on any atom is 0.337 e. The van der Waals surface area contributed by atoms with Crippen LogP contribution in [0.25, 0.3) is 33.3 Å². The van der Waals surface area contributed by atoms with E-state index >= 15 is 0 Å². The molecule has 1 aromatic heterocycles. The van der Waals surface area contributed by atoms with Crippen molar-refractivity contribution in [3.05, 3.63) is 100 Å². The Kier molecular flexibility index (Phi) is 9.13. The van der Waals surface area contributed by atoms with Crippen LogP contribution < -0.4 is 4.74 Å². The fourth-order valence-corrected chi connectivity index (χ4v) is 5.74. The van der Waals surface area contributed by atoms with Crippen molar-refractivity contribution in [3.8, 4) is 34.0 Å². The summed E-state index contributed by atoms with van der Waals surface area (Å²) in [5, 5.41) is 18.8. The van der Waals surface area contributed by atoms with E-state index in [1.807, 2.05) is 18.2 Å². The Hall–Kier alpha value is -3.96. The van der Waals surface area contributed by atoms with Crippen LogP contribution in [0, 0.1) is 0 Å². The molecule has 0 aliphatic carbocycles. The molecule has 1 aliphatic heterocycles. The number of H-pyrrole nitrogens is 1. The highest BCUT2D eigenvalue weighted by Crippen LogP contribution is 2.34. The number of ether oxygens (including phenoxy) is 2. The van der Waals surface area contributed by atoms with Crippen molar-refractivity contribution in [1.29, 1.82) is 0 Å². The summed E-state index contributed by atoms with van der Waals surface area (Å²) in [5.74, 6) is -0.846. The molecular formula is C33H30Cl2N4O5. The minimum Gasteiger partial charge on any atom is -0.478 e. The molecule has 0 atom stereocenters. The van der Waals surface area contributed by atoms with Crippen molar-refractivity contribution in [3.63, 3.8) is 0 Å². The lowest BCUT2D eigenvalue weighted by Crippen LogP contribution is -2.46. The van der Waals surface area contributed by atoms with E-state index in [0.29, 0.717) is 28.5 Å². The minimum atomic E-state index is -1.14. The topological polar surface area (TPSA) is 111 Å². The second-order valence-electron chi connectivity index (χ2n) is 10.6. The predicted octanol–water partition coefficient (Wildman–Crippen LogP) is 6.74. The van der Waals surface area contributed by atoms with Crippen LogP contribution in [0.1, 0.15) is 15.9 Å². The number of fused-ring (bicyclic) bond motifs is 1. The second kappa shape index (κ2) is 13.4. The summed E-state index contributed by atoms with van der Waals surface area (Å²) in [6.07, 6.45) is 0. The zero-order valence-corrected chi connectivity index (χ0v) is 25.2. The Labute approximate surface area is 264 Å². The lowest BCUT2D eigenvalue weighted by Gasteiger charge is -2.34. The number of aliphatic hydroxyl groups excluding tert-OH is 1. The number of benzene rings is 4. The van der Waals surface area contributed by atoms with Gasteiger partial charge in [0.1, 0.15) is 19.3 Å². The quantitative estimate of drug-likeness (QED) is 0.145. The molecule has 44 heavy (non-hydrogen) atoms. The number of halogens is 2. The molecule has 2 heterocycles. The fourth-order valence-electron chi connectivity index (χ4n) is 5.27. The third-order valence-corrected chi connectivity index (χ3v) is 8.29. The van der Waals surface area contributed by atoms with Gasteiger partial charge in [0.2, 0.25) is 0 Å². The van der Waals surface area contributed by atoms with Crippen LogP contribution in [0.15, 0.2) is 78.9 Å². The normalized spacial score (nSPS) is 14.2. The minimum absolute atomic E-state index is 0.0541. The first-order valence-electron chi connectivity index (χ1n) is 14.1. The van der Waals surface area contributed by atoms with Crippen molar-refractivity contribution in [2.75, 3.05) is 39.7 Å². The SMILES string of the molecule is O=C(O)c1cc(Oc2nc3cc(-c4ccc(-c5ccc(CN6CCN(COCO)CC6)cc5)cc4)c(Cl)cc3[nH]2)ccc1Cl. The Morgan fingerprint density at radius 3 is 2.18 bits per heavy atom. The molecule has 0 spiro atoms. The molecule has 1 saturated heterocycles. The van der Waals surface area contributed by atoms with Crippen LogP contribution in [-0.4, -0.2) is 75.7 Å². The zero-order chi connectivity index (χ0) is 30.6. The smallest absolute Gasteiger partial charge is 0.337 e. The molecule has 0 amide bonds. The van der Waals surface area contributed by atoms with Crippen molar-refractivity contribution in [1.82, 2.24) is 19.8 Å². The number of piperazine rings is 1. The molecule has 4 aromatic carbocycles. The summed E-state index contributed by atoms with van der Waals surface area (Å²) in [5.41, 5.74) is 6.59. The molecule has 226 valence electrons. The van der Waals surface area contributed by atoms with Gasteiger partial charge in [0.15, 0.2) is 0 Å². The first kappa shape index (κ1) is 30.1. The van der Waals surface area contributed by atoms with Gasteiger partial charge in [-0.3, -0.25) is 9.80 Å². The molecule has 1 aliphatic rings. The van der Waals surface area contributed by atoms with E-state index in [0.717, 1.165) is 55.0 Å². The van der Waals surface area contributed by atoms with E-state index in [-0.39, 0.29) is 23.4 Å². The number of aromatic carboxylic acids is 1. The molecule has 0 radical (unpaired) electrons. The number of rotatable bonds is 10. The standard InChI is InChI=1S/C33H30Cl2N4O5/c34-28-10-9-25(15-27(28)32(41)42)44-33-36-30-16-26(29(35)17-31(30)37-33)24-7-5-23(6-8-24)22-3-1-21(2-4-22)18-38-11-13-39(14-12-38)19-43-20-40/h1-10,15-17,40H,11-14,18-20H2,(H,36,37)(H,41,42). The monoisotopic (exact) mass is 632 g/mol. The van der Waals surface area contributed by atoms with E-state index in [1.165, 1.54) is 17.7 Å². The highest BCUT2D eigenvalue weighted by atomic mass is 35.5. The van der Waals surface area contributed by atoms with Crippen LogP contribution in [0.4, 0.5) is 0 Å². The molecule has 0 saturated carbocycles. The second-order valence-corrected chi connectivity index (χ2v) is 11.4. The fraction of sp³-hybridized carbons (Fsp3) is 0.212. The molecule has 0 unspecified atom stereocenters. The number of nitrogens with zero attached hydrogens (tertiary/aromatic N) is 3.